The molecule has 0 saturated heterocycles. The van der Waals surface area contributed by atoms with Crippen LogP contribution in [0.15, 0.2) is 0 Å². The van der Waals surface area contributed by atoms with Crippen LogP contribution in [-0.4, -0.2) is 17.9 Å². The predicted molar refractivity (Wildman–Crippen MR) is 35.1 cm³/mol. The lowest BCUT2D eigenvalue weighted by Crippen LogP contribution is -2.29. The summed E-state index contributed by atoms with van der Waals surface area (Å²) in [5.41, 5.74) is 2.16. The zero-order valence-corrected chi connectivity index (χ0v) is 6.23. The molecule has 0 rings (SSSR count). The van der Waals surface area contributed by atoms with Gasteiger partial charge < -0.3 is 0 Å². The largest absolute Gasteiger partial charge is 0.274 e. The summed E-state index contributed by atoms with van der Waals surface area (Å²) < 4.78 is 0. The molecule has 0 aliphatic heterocycles. The number of halogens is 1. The van der Waals surface area contributed by atoms with Gasteiger partial charge in [-0.15, -0.1) is 11.6 Å². The van der Waals surface area contributed by atoms with Gasteiger partial charge in [0.25, 0.3) is 5.91 Å². The number of alkyl halides is 1. The van der Waals surface area contributed by atoms with Crippen molar-refractivity contribution in [2.24, 2.45) is 0 Å². The lowest BCUT2D eigenvalue weighted by Gasteiger charge is -2.03. The summed E-state index contributed by atoms with van der Waals surface area (Å²) in [6.45, 7) is 3.81. The molecule has 1 N–H and O–H groups in total. The second-order valence-electron chi connectivity index (χ2n) is 1.52. The van der Waals surface area contributed by atoms with Crippen molar-refractivity contribution in [2.45, 2.75) is 19.2 Å². The zero-order chi connectivity index (χ0) is 7.28. The maximum absolute atomic E-state index is 10.5. The molecule has 0 bridgehead atoms. The number of rotatable bonds is 3. The summed E-state index contributed by atoms with van der Waals surface area (Å²) in [4.78, 5) is 15.1. The number of hydroxylamine groups is 1. The average molecular weight is 152 g/mol. The molecular formula is C5H10ClNO2. The van der Waals surface area contributed by atoms with Crippen LogP contribution in [0.3, 0.4) is 0 Å². The molecule has 0 spiro atoms. The first-order valence-electron chi connectivity index (χ1n) is 2.74. The molecule has 54 valence electrons. The van der Waals surface area contributed by atoms with E-state index in [1.165, 1.54) is 0 Å². The van der Waals surface area contributed by atoms with E-state index >= 15 is 0 Å². The van der Waals surface area contributed by atoms with Crippen LogP contribution in [-0.2, 0) is 9.63 Å². The van der Waals surface area contributed by atoms with E-state index in [-0.39, 0.29) is 5.91 Å². The van der Waals surface area contributed by atoms with E-state index in [0.29, 0.717) is 6.61 Å². The second kappa shape index (κ2) is 4.58. The topological polar surface area (TPSA) is 38.3 Å². The Morgan fingerprint density at radius 3 is 2.78 bits per heavy atom. The van der Waals surface area contributed by atoms with Crippen molar-refractivity contribution < 1.29 is 9.63 Å². The summed E-state index contributed by atoms with van der Waals surface area (Å²) in [6, 6.07) is 0. The van der Waals surface area contributed by atoms with Crippen molar-refractivity contribution in [1.82, 2.24) is 5.48 Å². The molecule has 3 nitrogen and oxygen atoms in total. The van der Waals surface area contributed by atoms with Crippen LogP contribution >= 0.6 is 11.6 Å². The molecule has 0 aromatic rings. The summed E-state index contributed by atoms with van der Waals surface area (Å²) in [6.07, 6.45) is 0. The summed E-state index contributed by atoms with van der Waals surface area (Å²) in [5.74, 6) is -0.307. The molecule has 0 heterocycles. The Hall–Kier alpha value is -0.280. The van der Waals surface area contributed by atoms with Gasteiger partial charge in [-0.05, 0) is 13.8 Å². The second-order valence-corrected chi connectivity index (χ2v) is 2.17. The molecule has 4 heteroatoms. The molecule has 0 aromatic carbocycles. The van der Waals surface area contributed by atoms with Crippen LogP contribution in [0.2, 0.25) is 0 Å². The van der Waals surface area contributed by atoms with Crippen molar-refractivity contribution >= 4 is 17.5 Å². The van der Waals surface area contributed by atoms with Gasteiger partial charge in [-0.2, -0.15) is 0 Å². The lowest BCUT2D eigenvalue weighted by atomic mass is 10.5. The SMILES string of the molecule is CCONC(=O)C(C)Cl. The molecule has 0 fully saturated rings. The van der Waals surface area contributed by atoms with E-state index in [9.17, 15) is 4.79 Å². The molecule has 0 radical (unpaired) electrons. The Morgan fingerprint density at radius 1 is 1.89 bits per heavy atom. The van der Waals surface area contributed by atoms with Crippen LogP contribution in [0.1, 0.15) is 13.8 Å². The molecule has 1 unspecified atom stereocenters. The third kappa shape index (κ3) is 4.24. The maximum atomic E-state index is 10.5. The van der Waals surface area contributed by atoms with Gasteiger partial charge in [0, 0.05) is 0 Å². The van der Waals surface area contributed by atoms with E-state index in [1.54, 1.807) is 13.8 Å². The third-order valence-electron chi connectivity index (χ3n) is 0.678. The molecule has 0 aromatic heterocycles. The highest BCUT2D eigenvalue weighted by Gasteiger charge is 2.06. The quantitative estimate of drug-likeness (QED) is 0.476. The van der Waals surface area contributed by atoms with Gasteiger partial charge in [0.05, 0.1) is 6.61 Å². The predicted octanol–water partition coefficient (Wildman–Crippen LogP) is 0.681. The minimum Gasteiger partial charge on any atom is -0.274 e. The van der Waals surface area contributed by atoms with E-state index in [4.69, 9.17) is 11.6 Å². The number of carbonyl (C=O) groups excluding carboxylic acids is 1. The fourth-order valence-electron chi connectivity index (χ4n) is 0.224. The van der Waals surface area contributed by atoms with Crippen molar-refractivity contribution in [3.8, 4) is 0 Å². The van der Waals surface area contributed by atoms with Gasteiger partial charge in [0.15, 0.2) is 0 Å². The molecule has 9 heavy (non-hydrogen) atoms. The summed E-state index contributed by atoms with van der Waals surface area (Å²) in [7, 11) is 0. The van der Waals surface area contributed by atoms with E-state index in [0.717, 1.165) is 0 Å². The van der Waals surface area contributed by atoms with Gasteiger partial charge in [-0.1, -0.05) is 0 Å². The molecule has 1 atom stereocenters. The fraction of sp³-hybridized carbons (Fsp3) is 0.800. The van der Waals surface area contributed by atoms with Gasteiger partial charge in [0.1, 0.15) is 5.38 Å². The highest BCUT2D eigenvalue weighted by molar-refractivity contribution is 6.30. The number of carbonyl (C=O) groups is 1. The smallest absolute Gasteiger partial charge is 0.261 e. The van der Waals surface area contributed by atoms with Gasteiger partial charge in [-0.25, -0.2) is 5.48 Å². The van der Waals surface area contributed by atoms with E-state index in [2.05, 4.69) is 10.3 Å². The van der Waals surface area contributed by atoms with Gasteiger partial charge in [-0.3, -0.25) is 9.63 Å². The van der Waals surface area contributed by atoms with E-state index < -0.39 is 5.38 Å². The first-order chi connectivity index (χ1) is 4.18. The Labute approximate surface area is 59.3 Å². The van der Waals surface area contributed by atoms with Crippen molar-refractivity contribution in [3.05, 3.63) is 0 Å². The van der Waals surface area contributed by atoms with Crippen molar-refractivity contribution in [3.63, 3.8) is 0 Å². The number of hydrogen-bond donors (Lipinski definition) is 1. The Kier molecular flexibility index (Phi) is 4.44. The minimum atomic E-state index is -0.531. The van der Waals surface area contributed by atoms with Gasteiger partial charge >= 0.3 is 0 Å². The Morgan fingerprint density at radius 2 is 2.44 bits per heavy atom. The first kappa shape index (κ1) is 8.72. The van der Waals surface area contributed by atoms with E-state index in [1.807, 2.05) is 0 Å². The molecule has 0 aliphatic carbocycles. The summed E-state index contributed by atoms with van der Waals surface area (Å²) >= 11 is 5.37. The normalized spacial score (nSPS) is 12.8. The van der Waals surface area contributed by atoms with Crippen molar-refractivity contribution in [2.75, 3.05) is 6.61 Å². The summed E-state index contributed by atoms with van der Waals surface area (Å²) in [5, 5.41) is -0.531. The van der Waals surface area contributed by atoms with Crippen LogP contribution < -0.4 is 5.48 Å². The average Bonchev–Trinajstić information content (AvgIpc) is 1.82. The highest BCUT2D eigenvalue weighted by Crippen LogP contribution is 1.91. The molecular weight excluding hydrogens is 142 g/mol. The standard InChI is InChI=1S/C5H10ClNO2/c1-3-9-7-5(8)4(2)6/h4H,3H2,1-2H3,(H,7,8). The molecule has 0 aliphatic rings. The number of amides is 1. The highest BCUT2D eigenvalue weighted by atomic mass is 35.5. The van der Waals surface area contributed by atoms with Gasteiger partial charge in [0.2, 0.25) is 0 Å². The van der Waals surface area contributed by atoms with Crippen LogP contribution in [0.4, 0.5) is 0 Å². The number of hydrogen-bond acceptors (Lipinski definition) is 2. The van der Waals surface area contributed by atoms with Crippen LogP contribution in [0.25, 0.3) is 0 Å². The maximum Gasteiger partial charge on any atom is 0.261 e. The van der Waals surface area contributed by atoms with Crippen LogP contribution in [0, 0.1) is 0 Å². The monoisotopic (exact) mass is 151 g/mol. The Balaban J connectivity index is 3.28. The molecule has 0 saturated carbocycles. The fourth-order valence-corrected chi connectivity index (χ4v) is 0.269. The van der Waals surface area contributed by atoms with Crippen LogP contribution in [0.5, 0.6) is 0 Å². The molecule has 1 amide bonds. The lowest BCUT2D eigenvalue weighted by molar-refractivity contribution is -0.132. The van der Waals surface area contributed by atoms with Crippen molar-refractivity contribution in [1.29, 1.82) is 0 Å². The first-order valence-corrected chi connectivity index (χ1v) is 3.17. The Bertz CT molecular complexity index is 95.0. The number of nitrogens with one attached hydrogen (secondary N) is 1. The third-order valence-corrected chi connectivity index (χ3v) is 0.877. The minimum absolute atomic E-state index is 0.307. The zero-order valence-electron chi connectivity index (χ0n) is 5.48.